The molecule has 0 fully saturated rings. The maximum absolute atomic E-state index is 13.7. The van der Waals surface area contributed by atoms with Gasteiger partial charge in [-0.15, -0.1) is 10.2 Å². The second-order valence-corrected chi connectivity index (χ2v) is 10.0. The number of aromatic nitrogens is 6. The topological polar surface area (TPSA) is 120 Å². The fourth-order valence-electron chi connectivity index (χ4n) is 5.18. The van der Waals surface area contributed by atoms with Gasteiger partial charge in [0.1, 0.15) is 5.75 Å². The Morgan fingerprint density at radius 3 is 2.51 bits per heavy atom. The maximum Gasteiger partial charge on any atom is 0.297 e. The number of carbonyl (C=O) groups is 1. The summed E-state index contributed by atoms with van der Waals surface area (Å²) in [7, 11) is 1.63. The minimum atomic E-state index is -0.233. The number of ether oxygens (including phenoxy) is 2. The van der Waals surface area contributed by atoms with Gasteiger partial charge in [0.05, 0.1) is 42.9 Å². The van der Waals surface area contributed by atoms with Crippen molar-refractivity contribution in [3.63, 3.8) is 0 Å². The molecule has 0 bridgehead atoms. The summed E-state index contributed by atoms with van der Waals surface area (Å²) < 4.78 is 13.3. The van der Waals surface area contributed by atoms with Gasteiger partial charge in [-0.2, -0.15) is 10.2 Å². The number of nitrogens with one attached hydrogen (secondary N) is 2. The molecule has 0 radical (unpaired) electrons. The zero-order chi connectivity index (χ0) is 29.8. The molecule has 6 rings (SSSR count). The lowest BCUT2D eigenvalue weighted by molar-refractivity contribution is 0.0941. The second-order valence-electron chi connectivity index (χ2n) is 10.0. The molecule has 43 heavy (non-hydrogen) atoms. The highest BCUT2D eigenvalue weighted by Crippen LogP contribution is 2.31. The predicted molar refractivity (Wildman–Crippen MR) is 164 cm³/mol. The van der Waals surface area contributed by atoms with Crippen LogP contribution in [0.25, 0.3) is 33.5 Å². The molecule has 0 aliphatic carbocycles. The van der Waals surface area contributed by atoms with Crippen LogP contribution in [0.2, 0.25) is 0 Å². The second kappa shape index (κ2) is 12.2. The number of hydrogen-bond donors (Lipinski definition) is 2. The number of tetrazole rings is 1. The van der Waals surface area contributed by atoms with Gasteiger partial charge >= 0.3 is 0 Å². The smallest absolute Gasteiger partial charge is 0.297 e. The van der Waals surface area contributed by atoms with Gasteiger partial charge < -0.3 is 14.8 Å². The Hall–Kier alpha value is -5.51. The monoisotopic (exact) mass is 573 g/mol. The third kappa shape index (κ3) is 5.67. The minimum Gasteiger partial charge on any atom is -0.497 e. The van der Waals surface area contributed by atoms with E-state index in [0.29, 0.717) is 41.6 Å². The highest BCUT2D eigenvalue weighted by atomic mass is 16.5. The van der Waals surface area contributed by atoms with Crippen LogP contribution in [0.4, 0.5) is 0 Å². The average Bonchev–Trinajstić information content (AvgIpc) is 3.70. The summed E-state index contributed by atoms with van der Waals surface area (Å²) >= 11 is 0. The molecule has 1 unspecified atom stereocenters. The summed E-state index contributed by atoms with van der Waals surface area (Å²) in [6.07, 6.45) is 0. The van der Waals surface area contributed by atoms with Crippen molar-refractivity contribution in [1.82, 2.24) is 35.5 Å². The number of amides is 1. The quantitative estimate of drug-likeness (QED) is 0.212. The van der Waals surface area contributed by atoms with Gasteiger partial charge in [-0.1, -0.05) is 66.7 Å². The highest BCUT2D eigenvalue weighted by Gasteiger charge is 2.21. The van der Waals surface area contributed by atoms with Crippen molar-refractivity contribution in [2.45, 2.75) is 26.4 Å². The zero-order valence-corrected chi connectivity index (χ0v) is 24.1. The van der Waals surface area contributed by atoms with Gasteiger partial charge in [-0.05, 0) is 65.6 Å². The molecular weight excluding hydrogens is 542 g/mol. The molecule has 0 saturated heterocycles. The van der Waals surface area contributed by atoms with E-state index >= 15 is 0 Å². The van der Waals surface area contributed by atoms with Gasteiger partial charge in [-0.3, -0.25) is 9.36 Å². The molecule has 2 N–H and O–H groups in total. The number of benzene rings is 4. The Bertz CT molecular complexity index is 1860. The molecule has 216 valence electrons. The van der Waals surface area contributed by atoms with Crippen LogP contribution in [0.1, 0.15) is 41.4 Å². The lowest BCUT2D eigenvalue weighted by Gasteiger charge is -2.17. The van der Waals surface area contributed by atoms with Crippen molar-refractivity contribution >= 4 is 16.9 Å². The Balaban J connectivity index is 1.32. The van der Waals surface area contributed by atoms with Crippen molar-refractivity contribution in [2.24, 2.45) is 0 Å². The molecule has 4 aromatic carbocycles. The van der Waals surface area contributed by atoms with Gasteiger partial charge in [0.25, 0.3) is 11.9 Å². The third-order valence-corrected chi connectivity index (χ3v) is 7.31. The van der Waals surface area contributed by atoms with Gasteiger partial charge in [0.2, 0.25) is 5.82 Å². The van der Waals surface area contributed by atoms with Crippen molar-refractivity contribution in [2.75, 3.05) is 13.7 Å². The summed E-state index contributed by atoms with van der Waals surface area (Å²) in [5.74, 6) is 1.08. The first-order chi connectivity index (χ1) is 21.1. The molecule has 1 atom stereocenters. The van der Waals surface area contributed by atoms with Crippen LogP contribution < -0.4 is 14.8 Å². The number of fused-ring (bicyclic) bond motifs is 1. The van der Waals surface area contributed by atoms with Crippen LogP contribution in [0.15, 0.2) is 91.0 Å². The lowest BCUT2D eigenvalue weighted by Crippen LogP contribution is -2.27. The van der Waals surface area contributed by atoms with Crippen LogP contribution in [0.5, 0.6) is 11.8 Å². The molecule has 1 amide bonds. The number of para-hydroxylation sites is 1. The largest absolute Gasteiger partial charge is 0.497 e. The van der Waals surface area contributed by atoms with Crippen LogP contribution in [0, 0.1) is 0 Å². The van der Waals surface area contributed by atoms with Crippen molar-refractivity contribution in [3.8, 4) is 34.3 Å². The van der Waals surface area contributed by atoms with Gasteiger partial charge in [-0.25, -0.2) is 0 Å². The standard InChI is InChI=1S/C33H31N7O3/c1-4-43-33-35-29-14-8-13-28(32(41)34-21(2)24-9-7-10-25(19-24)42-3)30(29)40(33)20-22-15-17-23(18-16-22)26-11-5-6-12-27(26)31-36-38-39-37-31/h5-19,21H,4,20H2,1-3H3,(H,34,41)(H,36,37,38,39). The average molecular weight is 574 g/mol. The summed E-state index contributed by atoms with van der Waals surface area (Å²) in [5, 5.41) is 17.7. The van der Waals surface area contributed by atoms with Crippen LogP contribution in [0.3, 0.4) is 0 Å². The van der Waals surface area contributed by atoms with Crippen molar-refractivity contribution in [3.05, 3.63) is 108 Å². The first kappa shape index (κ1) is 27.6. The molecule has 0 aliphatic rings. The van der Waals surface area contributed by atoms with Crippen LogP contribution in [-0.4, -0.2) is 49.8 Å². The fourth-order valence-corrected chi connectivity index (χ4v) is 5.18. The van der Waals surface area contributed by atoms with E-state index < -0.39 is 0 Å². The summed E-state index contributed by atoms with van der Waals surface area (Å²) in [4.78, 5) is 18.4. The zero-order valence-electron chi connectivity index (χ0n) is 24.1. The van der Waals surface area contributed by atoms with Crippen molar-refractivity contribution in [1.29, 1.82) is 0 Å². The minimum absolute atomic E-state index is 0.196. The maximum atomic E-state index is 13.7. The third-order valence-electron chi connectivity index (χ3n) is 7.31. The van der Waals surface area contributed by atoms with Crippen LogP contribution >= 0.6 is 0 Å². The normalized spacial score (nSPS) is 11.8. The lowest BCUT2D eigenvalue weighted by atomic mass is 9.98. The Labute approximate surface area is 248 Å². The number of aromatic amines is 1. The number of H-pyrrole nitrogens is 1. The number of rotatable bonds is 10. The molecule has 0 spiro atoms. The summed E-state index contributed by atoms with van der Waals surface area (Å²) in [6.45, 7) is 4.79. The number of carbonyl (C=O) groups excluding carboxylic acids is 1. The molecule has 2 aromatic heterocycles. The van der Waals surface area contributed by atoms with E-state index in [0.717, 1.165) is 33.6 Å². The Kier molecular flexibility index (Phi) is 7.82. The first-order valence-electron chi connectivity index (χ1n) is 14.0. The van der Waals surface area contributed by atoms with Gasteiger partial charge in [0.15, 0.2) is 0 Å². The Morgan fingerprint density at radius 2 is 1.77 bits per heavy atom. The number of imidazole rings is 1. The van der Waals surface area contributed by atoms with E-state index in [1.165, 1.54) is 0 Å². The SMILES string of the molecule is CCOc1nc2cccc(C(=O)NC(C)c3cccc(OC)c3)c2n1Cc1ccc(-c2ccccc2-c2nn[nH]n2)cc1. The van der Waals surface area contributed by atoms with E-state index in [2.05, 4.69) is 50.2 Å². The van der Waals surface area contributed by atoms with E-state index in [-0.39, 0.29) is 11.9 Å². The number of nitrogens with zero attached hydrogens (tertiary/aromatic N) is 5. The van der Waals surface area contributed by atoms with Crippen LogP contribution in [-0.2, 0) is 6.54 Å². The highest BCUT2D eigenvalue weighted by molar-refractivity contribution is 6.05. The van der Waals surface area contributed by atoms with E-state index in [9.17, 15) is 4.79 Å². The van der Waals surface area contributed by atoms with E-state index in [1.54, 1.807) is 7.11 Å². The van der Waals surface area contributed by atoms with Gasteiger partial charge in [0, 0.05) is 5.56 Å². The van der Waals surface area contributed by atoms with E-state index in [4.69, 9.17) is 14.5 Å². The van der Waals surface area contributed by atoms with Crippen molar-refractivity contribution < 1.29 is 14.3 Å². The molecule has 10 heteroatoms. The summed E-state index contributed by atoms with van der Waals surface area (Å²) in [6, 6.07) is 29.7. The Morgan fingerprint density at radius 1 is 0.977 bits per heavy atom. The first-order valence-corrected chi connectivity index (χ1v) is 14.0. The number of hydrogen-bond acceptors (Lipinski definition) is 7. The molecule has 10 nitrogen and oxygen atoms in total. The molecule has 0 saturated carbocycles. The fraction of sp³-hybridized carbons (Fsp3) is 0.182. The molecule has 2 heterocycles. The molecule has 6 aromatic rings. The summed E-state index contributed by atoms with van der Waals surface area (Å²) in [5.41, 5.74) is 6.83. The van der Waals surface area contributed by atoms with E-state index in [1.807, 2.05) is 85.1 Å². The molecule has 0 aliphatic heterocycles. The molecular formula is C33H31N7O3. The predicted octanol–water partition coefficient (Wildman–Crippen LogP) is 5.83. The number of methoxy groups -OCH3 is 1.